The number of hydrogen-bond donors (Lipinski definition) is 1. The molecule has 0 amide bonds. The maximum atomic E-state index is 5.28. The molecule has 2 heterocycles. The Morgan fingerprint density at radius 1 is 1.09 bits per heavy atom. The number of hydrogen-bond acceptors (Lipinski definition) is 6. The van der Waals surface area contributed by atoms with E-state index < -0.39 is 0 Å². The number of aryl methyl sites for hydroxylation is 2. The molecule has 1 unspecified atom stereocenters. The van der Waals surface area contributed by atoms with Crippen molar-refractivity contribution >= 4 is 5.95 Å². The summed E-state index contributed by atoms with van der Waals surface area (Å²) in [5.41, 5.74) is 2.94. The molecule has 2 aromatic heterocycles. The minimum absolute atomic E-state index is 0.137. The third-order valence-corrected chi connectivity index (χ3v) is 3.51. The fourth-order valence-corrected chi connectivity index (χ4v) is 2.35. The smallest absolute Gasteiger partial charge is 0.263 e. The van der Waals surface area contributed by atoms with Crippen LogP contribution in [-0.4, -0.2) is 21.3 Å². The lowest BCUT2D eigenvalue weighted by molar-refractivity contribution is 0.392. The highest BCUT2D eigenvalue weighted by Gasteiger charge is 2.15. The number of aromatic nitrogens is 3. The zero-order chi connectivity index (χ0) is 15.5. The summed E-state index contributed by atoms with van der Waals surface area (Å²) in [7, 11) is 0. The van der Waals surface area contributed by atoms with Crippen LogP contribution in [0.25, 0.3) is 11.5 Å². The first-order chi connectivity index (χ1) is 10.6. The number of nitrogens with zero attached hydrogens (tertiary/aromatic N) is 3. The maximum Gasteiger partial charge on any atom is 0.263 e. The number of anilines is 1. The van der Waals surface area contributed by atoms with E-state index in [9.17, 15) is 0 Å². The van der Waals surface area contributed by atoms with Gasteiger partial charge < -0.3 is 14.4 Å². The predicted octanol–water partition coefficient (Wildman–Crippen LogP) is 3.38. The van der Waals surface area contributed by atoms with E-state index in [4.69, 9.17) is 9.05 Å². The largest absolute Gasteiger partial charge is 0.361 e. The zero-order valence-corrected chi connectivity index (χ0v) is 12.8. The third-order valence-electron chi connectivity index (χ3n) is 3.51. The summed E-state index contributed by atoms with van der Waals surface area (Å²) >= 11 is 0. The summed E-state index contributed by atoms with van der Waals surface area (Å²) in [5.74, 6) is 1.84. The first kappa shape index (κ1) is 14.3. The van der Waals surface area contributed by atoms with Crippen LogP contribution in [0.3, 0.4) is 0 Å². The third kappa shape index (κ3) is 3.00. The molecule has 22 heavy (non-hydrogen) atoms. The molecule has 6 nitrogen and oxygen atoms in total. The first-order valence-electron chi connectivity index (χ1n) is 7.21. The van der Waals surface area contributed by atoms with Crippen LogP contribution in [0.1, 0.15) is 23.9 Å². The van der Waals surface area contributed by atoms with E-state index in [0.29, 0.717) is 11.8 Å². The molecule has 0 bridgehead atoms. The highest BCUT2D eigenvalue weighted by atomic mass is 16.5. The quantitative estimate of drug-likeness (QED) is 0.778. The van der Waals surface area contributed by atoms with Crippen molar-refractivity contribution in [2.45, 2.75) is 33.2 Å². The molecule has 0 aliphatic carbocycles. The van der Waals surface area contributed by atoms with E-state index in [1.54, 1.807) is 0 Å². The van der Waals surface area contributed by atoms with Crippen molar-refractivity contribution in [1.82, 2.24) is 15.3 Å². The van der Waals surface area contributed by atoms with Gasteiger partial charge in [0.2, 0.25) is 0 Å². The van der Waals surface area contributed by atoms with Crippen molar-refractivity contribution < 1.29 is 9.05 Å². The molecular formula is C16H18N4O2. The van der Waals surface area contributed by atoms with E-state index >= 15 is 0 Å². The van der Waals surface area contributed by atoms with Crippen molar-refractivity contribution in [3.8, 4) is 11.5 Å². The second kappa shape index (κ2) is 6.01. The van der Waals surface area contributed by atoms with Crippen LogP contribution in [0, 0.1) is 13.8 Å². The predicted molar refractivity (Wildman–Crippen MR) is 82.5 cm³/mol. The Balaban J connectivity index is 1.68. The molecule has 1 aromatic carbocycles. The Morgan fingerprint density at radius 3 is 2.55 bits per heavy atom. The molecule has 0 radical (unpaired) electrons. The molecule has 0 aliphatic heterocycles. The lowest BCUT2D eigenvalue weighted by atomic mass is 10.1. The minimum atomic E-state index is 0.137. The van der Waals surface area contributed by atoms with E-state index in [2.05, 4.69) is 27.5 Å². The molecule has 0 fully saturated rings. The summed E-state index contributed by atoms with van der Waals surface area (Å²) in [6.07, 6.45) is 0.788. The lowest BCUT2D eigenvalue weighted by Gasteiger charge is -2.11. The van der Waals surface area contributed by atoms with Gasteiger partial charge in [0.05, 0.1) is 5.69 Å². The van der Waals surface area contributed by atoms with Crippen LogP contribution in [0.15, 0.2) is 39.4 Å². The second-order valence-corrected chi connectivity index (χ2v) is 5.34. The molecule has 114 valence electrons. The average molecular weight is 298 g/mol. The Hall–Kier alpha value is -2.63. The standard InChI is InChI=1S/C16H18N4O2/c1-10(9-14-11(2)19-21-12(14)3)17-16-18-15(22-20-16)13-7-5-4-6-8-13/h4-8,10H,9H2,1-3H3,(H,17,20). The first-order valence-corrected chi connectivity index (χ1v) is 7.21. The molecule has 0 saturated carbocycles. The van der Waals surface area contributed by atoms with Gasteiger partial charge in [-0.05, 0) is 44.5 Å². The maximum absolute atomic E-state index is 5.28. The lowest BCUT2D eigenvalue weighted by Crippen LogP contribution is -2.19. The van der Waals surface area contributed by atoms with Gasteiger partial charge in [-0.3, -0.25) is 0 Å². The highest BCUT2D eigenvalue weighted by molar-refractivity contribution is 5.53. The van der Waals surface area contributed by atoms with Gasteiger partial charge in [0.25, 0.3) is 11.8 Å². The van der Waals surface area contributed by atoms with Crippen LogP contribution in [0.5, 0.6) is 0 Å². The second-order valence-electron chi connectivity index (χ2n) is 5.34. The van der Waals surface area contributed by atoms with Gasteiger partial charge in [0.1, 0.15) is 5.76 Å². The molecule has 3 rings (SSSR count). The van der Waals surface area contributed by atoms with Crippen molar-refractivity contribution in [3.63, 3.8) is 0 Å². The van der Waals surface area contributed by atoms with E-state index in [0.717, 1.165) is 29.0 Å². The summed E-state index contributed by atoms with van der Waals surface area (Å²) in [6.45, 7) is 5.93. The summed E-state index contributed by atoms with van der Waals surface area (Å²) in [5, 5.41) is 11.2. The average Bonchev–Trinajstić information content (AvgIpc) is 3.10. The van der Waals surface area contributed by atoms with Crippen molar-refractivity contribution in [3.05, 3.63) is 47.3 Å². The number of nitrogens with one attached hydrogen (secondary N) is 1. The van der Waals surface area contributed by atoms with E-state index in [1.807, 2.05) is 44.2 Å². The van der Waals surface area contributed by atoms with E-state index in [1.165, 1.54) is 0 Å². The number of benzene rings is 1. The topological polar surface area (TPSA) is 77.0 Å². The van der Waals surface area contributed by atoms with Gasteiger partial charge in [-0.25, -0.2) is 0 Å². The van der Waals surface area contributed by atoms with Gasteiger partial charge in [-0.15, -0.1) is 0 Å². The van der Waals surface area contributed by atoms with Gasteiger partial charge in [0, 0.05) is 17.2 Å². The summed E-state index contributed by atoms with van der Waals surface area (Å²) < 4.78 is 10.5. The Morgan fingerprint density at radius 2 is 1.86 bits per heavy atom. The molecular weight excluding hydrogens is 280 g/mol. The molecule has 3 aromatic rings. The summed E-state index contributed by atoms with van der Waals surface area (Å²) in [6, 6.07) is 9.83. The van der Waals surface area contributed by atoms with Crippen molar-refractivity contribution in [2.24, 2.45) is 0 Å². The van der Waals surface area contributed by atoms with Crippen LogP contribution in [-0.2, 0) is 6.42 Å². The summed E-state index contributed by atoms with van der Waals surface area (Å²) in [4.78, 5) is 4.37. The molecule has 1 atom stereocenters. The SMILES string of the molecule is Cc1noc(C)c1CC(C)Nc1noc(-c2ccccc2)n1. The molecule has 0 aliphatic rings. The fraction of sp³-hybridized carbons (Fsp3) is 0.312. The fourth-order valence-electron chi connectivity index (χ4n) is 2.35. The van der Waals surface area contributed by atoms with Crippen LogP contribution in [0.2, 0.25) is 0 Å². The van der Waals surface area contributed by atoms with Crippen molar-refractivity contribution in [2.75, 3.05) is 5.32 Å². The van der Waals surface area contributed by atoms with Crippen LogP contribution in [0.4, 0.5) is 5.95 Å². The van der Waals surface area contributed by atoms with E-state index in [-0.39, 0.29) is 6.04 Å². The Labute approximate surface area is 128 Å². The van der Waals surface area contributed by atoms with Crippen LogP contribution < -0.4 is 5.32 Å². The van der Waals surface area contributed by atoms with Gasteiger partial charge in [-0.2, -0.15) is 4.98 Å². The normalized spacial score (nSPS) is 12.3. The molecule has 0 spiro atoms. The van der Waals surface area contributed by atoms with Gasteiger partial charge >= 0.3 is 0 Å². The molecule has 1 N–H and O–H groups in total. The van der Waals surface area contributed by atoms with Crippen LogP contribution >= 0.6 is 0 Å². The zero-order valence-electron chi connectivity index (χ0n) is 12.8. The minimum Gasteiger partial charge on any atom is -0.361 e. The number of rotatable bonds is 5. The monoisotopic (exact) mass is 298 g/mol. The van der Waals surface area contributed by atoms with Crippen molar-refractivity contribution in [1.29, 1.82) is 0 Å². The van der Waals surface area contributed by atoms with Gasteiger partial charge in [-0.1, -0.05) is 23.4 Å². The highest BCUT2D eigenvalue weighted by Crippen LogP contribution is 2.19. The molecule has 0 saturated heterocycles. The molecule has 6 heteroatoms. The Kier molecular flexibility index (Phi) is 3.91. The van der Waals surface area contributed by atoms with Gasteiger partial charge in [0.15, 0.2) is 0 Å². The Bertz CT molecular complexity index is 729.